The molecule has 0 unspecified atom stereocenters. The highest BCUT2D eigenvalue weighted by Gasteiger charge is 2.30. The molecule has 0 saturated heterocycles. The summed E-state index contributed by atoms with van der Waals surface area (Å²) in [6.07, 6.45) is 0. The van der Waals surface area contributed by atoms with Crippen LogP contribution in [0.15, 0.2) is 27.5 Å². The van der Waals surface area contributed by atoms with E-state index in [1.54, 1.807) is 0 Å². The summed E-state index contributed by atoms with van der Waals surface area (Å²) >= 11 is 3.03. The summed E-state index contributed by atoms with van der Waals surface area (Å²) in [4.78, 5) is 47.2. The molecular formula is C13H8BrN3O7. The van der Waals surface area contributed by atoms with Gasteiger partial charge >= 0.3 is 11.9 Å². The van der Waals surface area contributed by atoms with Gasteiger partial charge in [0, 0.05) is 16.1 Å². The molecule has 10 nitrogen and oxygen atoms in total. The van der Waals surface area contributed by atoms with Crippen LogP contribution < -0.4 is 11.3 Å². The van der Waals surface area contributed by atoms with Crippen LogP contribution in [0.25, 0.3) is 11.1 Å². The number of hydrogen-bond donors (Lipinski definition) is 4. The van der Waals surface area contributed by atoms with Crippen LogP contribution in [0.2, 0.25) is 0 Å². The molecule has 11 heteroatoms. The normalized spacial score (nSPS) is 10.4. The van der Waals surface area contributed by atoms with Gasteiger partial charge in [-0.3, -0.25) is 14.9 Å². The number of benzene rings is 1. The molecule has 0 fully saturated rings. The van der Waals surface area contributed by atoms with Gasteiger partial charge in [-0.15, -0.1) is 0 Å². The van der Waals surface area contributed by atoms with Gasteiger partial charge in [0.25, 0.3) is 11.2 Å². The highest BCUT2D eigenvalue weighted by Crippen LogP contribution is 2.37. The number of pyridine rings is 1. The maximum atomic E-state index is 11.9. The number of aromatic nitrogens is 1. The number of H-pyrrole nitrogens is 1. The number of carbonyl (C=O) groups is 2. The molecule has 0 aliphatic carbocycles. The Morgan fingerprint density at radius 3 is 2.29 bits per heavy atom. The van der Waals surface area contributed by atoms with Crippen LogP contribution in [0.4, 0.5) is 11.5 Å². The molecule has 0 amide bonds. The molecule has 2 rings (SSSR count). The van der Waals surface area contributed by atoms with Crippen LogP contribution in [0.5, 0.6) is 0 Å². The zero-order valence-electron chi connectivity index (χ0n) is 11.6. The molecule has 2 aromatic rings. The van der Waals surface area contributed by atoms with Crippen molar-refractivity contribution in [1.82, 2.24) is 4.98 Å². The summed E-state index contributed by atoms with van der Waals surface area (Å²) in [5, 5.41) is 29.8. The van der Waals surface area contributed by atoms with Crippen molar-refractivity contribution in [3.63, 3.8) is 0 Å². The highest BCUT2D eigenvalue weighted by molar-refractivity contribution is 9.10. The van der Waals surface area contributed by atoms with Gasteiger partial charge in [0.15, 0.2) is 0 Å². The van der Waals surface area contributed by atoms with Crippen molar-refractivity contribution in [2.24, 2.45) is 0 Å². The Hall–Kier alpha value is -3.21. The zero-order chi connectivity index (χ0) is 18.2. The number of carboxylic acids is 2. The molecule has 0 aliphatic rings. The predicted molar refractivity (Wildman–Crippen MR) is 85.2 cm³/mol. The summed E-state index contributed by atoms with van der Waals surface area (Å²) in [6.45, 7) is 0. The minimum Gasteiger partial charge on any atom is -0.478 e. The fourth-order valence-electron chi connectivity index (χ4n) is 2.18. The van der Waals surface area contributed by atoms with E-state index in [2.05, 4.69) is 15.9 Å². The van der Waals surface area contributed by atoms with E-state index in [0.717, 1.165) is 12.1 Å². The topological polar surface area (TPSA) is 177 Å². The number of nitrogen functional groups attached to an aromatic ring is 1. The third-order valence-corrected chi connectivity index (χ3v) is 3.59. The summed E-state index contributed by atoms with van der Waals surface area (Å²) < 4.78 is 0.310. The molecule has 0 atom stereocenters. The molecule has 0 aliphatic heterocycles. The number of nitro groups is 1. The molecule has 0 bridgehead atoms. The van der Waals surface area contributed by atoms with Gasteiger partial charge in [-0.05, 0) is 12.1 Å². The Morgan fingerprint density at radius 2 is 1.79 bits per heavy atom. The summed E-state index contributed by atoms with van der Waals surface area (Å²) in [7, 11) is 0. The van der Waals surface area contributed by atoms with Crippen molar-refractivity contribution in [2.45, 2.75) is 0 Å². The van der Waals surface area contributed by atoms with E-state index in [4.69, 9.17) is 5.73 Å². The molecule has 0 radical (unpaired) electrons. The smallest absolute Gasteiger partial charge is 0.342 e. The van der Waals surface area contributed by atoms with E-state index >= 15 is 0 Å². The quantitative estimate of drug-likeness (QED) is 0.444. The van der Waals surface area contributed by atoms with E-state index in [-0.39, 0.29) is 5.56 Å². The molecule has 24 heavy (non-hydrogen) atoms. The Kier molecular flexibility index (Phi) is 4.37. The number of nitrogens with two attached hydrogens (primary N) is 1. The van der Waals surface area contributed by atoms with Gasteiger partial charge in [-0.25, -0.2) is 9.59 Å². The van der Waals surface area contributed by atoms with Gasteiger partial charge in [-0.2, -0.15) is 0 Å². The van der Waals surface area contributed by atoms with Gasteiger partial charge in [-0.1, -0.05) is 15.9 Å². The molecule has 124 valence electrons. The maximum Gasteiger partial charge on any atom is 0.342 e. The van der Waals surface area contributed by atoms with Crippen LogP contribution in [0.3, 0.4) is 0 Å². The monoisotopic (exact) mass is 397 g/mol. The number of rotatable bonds is 4. The second-order valence-electron chi connectivity index (χ2n) is 4.52. The van der Waals surface area contributed by atoms with Crippen molar-refractivity contribution >= 4 is 39.4 Å². The number of carboxylic acid groups (broad SMARTS) is 2. The van der Waals surface area contributed by atoms with Gasteiger partial charge in [0.05, 0.1) is 10.5 Å². The van der Waals surface area contributed by atoms with Crippen molar-refractivity contribution in [3.8, 4) is 11.1 Å². The fraction of sp³-hybridized carbons (Fsp3) is 0. The average Bonchev–Trinajstić information content (AvgIpc) is 2.45. The predicted octanol–water partition coefficient (Wildman–Crippen LogP) is 1.69. The molecular weight excluding hydrogens is 390 g/mol. The van der Waals surface area contributed by atoms with Gasteiger partial charge in [0.2, 0.25) is 0 Å². The number of nitro benzene ring substituents is 1. The lowest BCUT2D eigenvalue weighted by Crippen LogP contribution is -2.24. The van der Waals surface area contributed by atoms with Gasteiger partial charge in [0.1, 0.15) is 16.9 Å². The molecule has 0 spiro atoms. The van der Waals surface area contributed by atoms with E-state index in [1.165, 1.54) is 6.07 Å². The maximum absolute atomic E-state index is 11.9. The first-order valence-corrected chi connectivity index (χ1v) is 6.91. The number of nitrogens with one attached hydrogen (secondary N) is 1. The second kappa shape index (κ2) is 6.12. The number of halogens is 1. The first-order chi connectivity index (χ1) is 11.1. The van der Waals surface area contributed by atoms with Crippen LogP contribution in [0, 0.1) is 10.1 Å². The second-order valence-corrected chi connectivity index (χ2v) is 5.44. The Balaban J connectivity index is 3.09. The number of anilines is 1. The third-order valence-electron chi connectivity index (χ3n) is 3.10. The third kappa shape index (κ3) is 2.84. The van der Waals surface area contributed by atoms with Crippen LogP contribution in [-0.2, 0) is 0 Å². The minimum absolute atomic E-state index is 0.310. The Bertz CT molecular complexity index is 951. The van der Waals surface area contributed by atoms with Crippen molar-refractivity contribution in [2.75, 3.05) is 5.73 Å². The van der Waals surface area contributed by atoms with E-state index < -0.39 is 50.6 Å². The molecule has 1 aromatic carbocycles. The van der Waals surface area contributed by atoms with E-state index in [1.807, 2.05) is 4.98 Å². The Morgan fingerprint density at radius 1 is 1.21 bits per heavy atom. The largest absolute Gasteiger partial charge is 0.478 e. The number of aromatic amines is 1. The average molecular weight is 398 g/mol. The lowest BCUT2D eigenvalue weighted by Gasteiger charge is -2.12. The first kappa shape index (κ1) is 17.1. The fourth-order valence-corrected chi connectivity index (χ4v) is 2.53. The van der Waals surface area contributed by atoms with Crippen LogP contribution in [-0.4, -0.2) is 32.1 Å². The van der Waals surface area contributed by atoms with Crippen LogP contribution in [0.1, 0.15) is 20.7 Å². The molecule has 0 saturated carbocycles. The summed E-state index contributed by atoms with van der Waals surface area (Å²) in [5.74, 6) is -3.99. The summed E-state index contributed by atoms with van der Waals surface area (Å²) in [5.41, 5.74) is 1.05. The van der Waals surface area contributed by atoms with Crippen molar-refractivity contribution in [3.05, 3.63) is 54.3 Å². The van der Waals surface area contributed by atoms with Crippen molar-refractivity contribution in [1.29, 1.82) is 0 Å². The number of hydrogen-bond acceptors (Lipinski definition) is 6. The standard InChI is InChI=1S/C13H8BrN3O7/c14-4-1-2-5(6(3-4)17(23)24)7-8(12(19)20)10(15)16-11(18)9(7)13(21)22/h1-3H,(H,19,20)(H,21,22)(H3,15,16,18). The lowest BCUT2D eigenvalue weighted by molar-refractivity contribution is -0.384. The van der Waals surface area contributed by atoms with E-state index in [0.29, 0.717) is 4.47 Å². The summed E-state index contributed by atoms with van der Waals surface area (Å²) in [6, 6.07) is 3.54. The van der Waals surface area contributed by atoms with Gasteiger partial charge < -0.3 is 20.9 Å². The SMILES string of the molecule is Nc1[nH]c(=O)c(C(=O)O)c(-c2ccc(Br)cc2[N+](=O)[O-])c1C(=O)O. The molecule has 5 N–H and O–H groups in total. The molecule has 1 aromatic heterocycles. The first-order valence-electron chi connectivity index (χ1n) is 6.11. The van der Waals surface area contributed by atoms with E-state index in [9.17, 15) is 34.7 Å². The zero-order valence-corrected chi connectivity index (χ0v) is 13.2. The number of nitrogens with zero attached hydrogens (tertiary/aromatic N) is 1. The lowest BCUT2D eigenvalue weighted by atomic mass is 9.94. The van der Waals surface area contributed by atoms with Crippen molar-refractivity contribution < 1.29 is 24.7 Å². The molecule has 1 heterocycles. The highest BCUT2D eigenvalue weighted by atomic mass is 79.9. The minimum atomic E-state index is -1.74. The number of aromatic carboxylic acids is 2. The Labute approximate surface area is 140 Å². The van der Waals surface area contributed by atoms with Crippen LogP contribution >= 0.6 is 15.9 Å².